The van der Waals surface area contributed by atoms with Gasteiger partial charge in [0.15, 0.2) is 11.6 Å². The van der Waals surface area contributed by atoms with Crippen LogP contribution in [0, 0.1) is 0 Å². The molecule has 0 aliphatic rings. The van der Waals surface area contributed by atoms with E-state index in [1.165, 1.54) is 25.8 Å². The molecule has 0 unspecified atom stereocenters. The van der Waals surface area contributed by atoms with E-state index in [0.29, 0.717) is 23.4 Å². The number of aromatic nitrogens is 4. The Bertz CT molecular complexity index is 1160. The summed E-state index contributed by atoms with van der Waals surface area (Å²) in [5, 5.41) is 0. The molecule has 0 saturated carbocycles. The van der Waals surface area contributed by atoms with E-state index in [1.807, 2.05) is 19.1 Å². The molecule has 34 heavy (non-hydrogen) atoms. The predicted octanol–water partition coefficient (Wildman–Crippen LogP) is 3.21. The lowest BCUT2D eigenvalue weighted by Crippen LogP contribution is -2.31. The van der Waals surface area contributed by atoms with E-state index in [1.54, 1.807) is 12.1 Å². The summed E-state index contributed by atoms with van der Waals surface area (Å²) in [7, 11) is -2.31. The standard InChI is InChI=1S/C21H25BrN6O5S/c1-3-4-9-27-34(29,30)28-19-18(15-5-7-16(22)8-6-15)20(26-14-25-19)32-10-11-33-21-23-12-17(31-2)13-24-21/h5-8,12-14,27H,3-4,9-11H2,1-2H3,(H,25,26,28). The van der Waals surface area contributed by atoms with Crippen LogP contribution in [0.25, 0.3) is 11.1 Å². The van der Waals surface area contributed by atoms with Crippen LogP contribution in [-0.2, 0) is 10.2 Å². The Kier molecular flexibility index (Phi) is 9.36. The summed E-state index contributed by atoms with van der Waals surface area (Å²) in [6, 6.07) is 7.44. The molecule has 3 rings (SSSR count). The van der Waals surface area contributed by atoms with Gasteiger partial charge in [0.1, 0.15) is 19.5 Å². The van der Waals surface area contributed by atoms with E-state index in [4.69, 9.17) is 14.2 Å². The van der Waals surface area contributed by atoms with Gasteiger partial charge in [-0.3, -0.25) is 4.72 Å². The molecule has 0 spiro atoms. The predicted molar refractivity (Wildman–Crippen MR) is 130 cm³/mol. The highest BCUT2D eigenvalue weighted by Gasteiger charge is 2.20. The van der Waals surface area contributed by atoms with Crippen LogP contribution in [0.15, 0.2) is 47.5 Å². The fourth-order valence-corrected chi connectivity index (χ4v) is 3.89. The molecule has 2 aromatic heterocycles. The Morgan fingerprint density at radius 3 is 2.38 bits per heavy atom. The van der Waals surface area contributed by atoms with Gasteiger partial charge in [-0.1, -0.05) is 41.4 Å². The third-order valence-electron chi connectivity index (χ3n) is 4.39. The summed E-state index contributed by atoms with van der Waals surface area (Å²) in [5.74, 6) is 0.807. The highest BCUT2D eigenvalue weighted by atomic mass is 79.9. The lowest BCUT2D eigenvalue weighted by molar-refractivity contribution is 0.201. The van der Waals surface area contributed by atoms with Crippen molar-refractivity contribution in [3.63, 3.8) is 0 Å². The van der Waals surface area contributed by atoms with E-state index in [0.717, 1.165) is 17.3 Å². The van der Waals surface area contributed by atoms with Gasteiger partial charge in [0.2, 0.25) is 5.88 Å². The molecule has 0 amide bonds. The summed E-state index contributed by atoms with van der Waals surface area (Å²) in [5.41, 5.74) is 1.07. The topological polar surface area (TPSA) is 137 Å². The van der Waals surface area contributed by atoms with Crippen molar-refractivity contribution in [1.82, 2.24) is 24.7 Å². The molecule has 0 radical (unpaired) electrons. The first-order valence-electron chi connectivity index (χ1n) is 10.4. The number of anilines is 1. The molecule has 13 heteroatoms. The molecular formula is C21H25BrN6O5S. The lowest BCUT2D eigenvalue weighted by Gasteiger charge is -2.16. The van der Waals surface area contributed by atoms with Gasteiger partial charge in [-0.15, -0.1) is 0 Å². The molecule has 0 bridgehead atoms. The summed E-state index contributed by atoms with van der Waals surface area (Å²) < 4.78 is 47.2. The average molecular weight is 553 g/mol. The van der Waals surface area contributed by atoms with E-state index < -0.39 is 10.2 Å². The van der Waals surface area contributed by atoms with Crippen molar-refractivity contribution < 1.29 is 22.6 Å². The molecular weight excluding hydrogens is 528 g/mol. The number of hydrogen-bond donors (Lipinski definition) is 2. The van der Waals surface area contributed by atoms with Gasteiger partial charge >= 0.3 is 6.01 Å². The SMILES string of the molecule is CCCCNS(=O)(=O)Nc1ncnc(OCCOc2ncc(OC)cn2)c1-c1ccc(Br)cc1. The van der Waals surface area contributed by atoms with Crippen LogP contribution in [-0.4, -0.2) is 55.2 Å². The highest BCUT2D eigenvalue weighted by Crippen LogP contribution is 2.34. The van der Waals surface area contributed by atoms with Crippen molar-refractivity contribution in [3.05, 3.63) is 47.5 Å². The summed E-state index contributed by atoms with van der Waals surface area (Å²) in [6.45, 7) is 2.54. The molecule has 0 saturated heterocycles. The minimum absolute atomic E-state index is 0.0933. The number of benzene rings is 1. The van der Waals surface area contributed by atoms with Crippen LogP contribution in [0.5, 0.6) is 17.6 Å². The number of halogens is 1. The zero-order chi connectivity index (χ0) is 24.4. The second kappa shape index (κ2) is 12.4. The van der Waals surface area contributed by atoms with Crippen LogP contribution in [0.4, 0.5) is 5.82 Å². The first kappa shape index (κ1) is 25.6. The number of hydrogen-bond acceptors (Lipinski definition) is 9. The zero-order valence-electron chi connectivity index (χ0n) is 18.7. The monoisotopic (exact) mass is 552 g/mol. The van der Waals surface area contributed by atoms with Crippen molar-refractivity contribution in [2.45, 2.75) is 19.8 Å². The Morgan fingerprint density at radius 1 is 1.00 bits per heavy atom. The molecule has 2 heterocycles. The van der Waals surface area contributed by atoms with Crippen LogP contribution < -0.4 is 23.7 Å². The Labute approximate surface area is 206 Å². The molecule has 0 fully saturated rings. The van der Waals surface area contributed by atoms with Gasteiger partial charge < -0.3 is 14.2 Å². The molecule has 2 N–H and O–H groups in total. The van der Waals surface area contributed by atoms with Crippen molar-refractivity contribution in [2.24, 2.45) is 0 Å². The van der Waals surface area contributed by atoms with Gasteiger partial charge in [-0.2, -0.15) is 23.1 Å². The van der Waals surface area contributed by atoms with Gasteiger partial charge in [-0.25, -0.2) is 9.97 Å². The Morgan fingerprint density at radius 2 is 1.71 bits per heavy atom. The van der Waals surface area contributed by atoms with Crippen LogP contribution in [0.3, 0.4) is 0 Å². The number of rotatable bonds is 13. The molecule has 0 aliphatic heterocycles. The average Bonchev–Trinajstić information content (AvgIpc) is 2.83. The first-order valence-corrected chi connectivity index (χ1v) is 12.7. The summed E-state index contributed by atoms with van der Waals surface area (Å²) >= 11 is 3.40. The number of ether oxygens (including phenoxy) is 3. The normalized spacial score (nSPS) is 11.1. The number of nitrogens with zero attached hydrogens (tertiary/aromatic N) is 4. The lowest BCUT2D eigenvalue weighted by atomic mass is 10.1. The molecule has 0 aliphatic carbocycles. The van der Waals surface area contributed by atoms with Crippen LogP contribution >= 0.6 is 15.9 Å². The summed E-state index contributed by atoms with van der Waals surface area (Å²) in [4.78, 5) is 16.4. The highest BCUT2D eigenvalue weighted by molar-refractivity contribution is 9.10. The maximum Gasteiger partial charge on any atom is 0.316 e. The molecule has 182 valence electrons. The first-order chi connectivity index (χ1) is 16.4. The molecule has 1 aromatic carbocycles. The fourth-order valence-electron chi connectivity index (χ4n) is 2.74. The minimum Gasteiger partial charge on any atom is -0.494 e. The maximum absolute atomic E-state index is 12.5. The van der Waals surface area contributed by atoms with E-state index in [-0.39, 0.29) is 30.9 Å². The van der Waals surface area contributed by atoms with Crippen molar-refractivity contribution in [1.29, 1.82) is 0 Å². The largest absolute Gasteiger partial charge is 0.494 e. The molecule has 11 nitrogen and oxygen atoms in total. The Balaban J connectivity index is 1.77. The minimum atomic E-state index is -3.84. The second-order valence-corrected chi connectivity index (χ2v) is 9.28. The zero-order valence-corrected chi connectivity index (χ0v) is 21.1. The third kappa shape index (κ3) is 7.50. The van der Waals surface area contributed by atoms with Gasteiger partial charge in [0, 0.05) is 11.0 Å². The van der Waals surface area contributed by atoms with Gasteiger partial charge in [-0.05, 0) is 24.1 Å². The summed E-state index contributed by atoms with van der Waals surface area (Å²) in [6.07, 6.45) is 5.80. The number of unbranched alkanes of at least 4 members (excludes halogenated alkanes) is 1. The fraction of sp³-hybridized carbons (Fsp3) is 0.333. The number of methoxy groups -OCH3 is 1. The maximum atomic E-state index is 12.5. The molecule has 0 atom stereocenters. The second-order valence-electron chi connectivity index (χ2n) is 6.87. The van der Waals surface area contributed by atoms with E-state index >= 15 is 0 Å². The van der Waals surface area contributed by atoms with Crippen molar-refractivity contribution in [3.8, 4) is 28.8 Å². The third-order valence-corrected chi connectivity index (χ3v) is 5.97. The smallest absolute Gasteiger partial charge is 0.316 e. The van der Waals surface area contributed by atoms with Crippen LogP contribution in [0.2, 0.25) is 0 Å². The quantitative estimate of drug-likeness (QED) is 0.306. The van der Waals surface area contributed by atoms with Crippen LogP contribution in [0.1, 0.15) is 19.8 Å². The molecule has 3 aromatic rings. The van der Waals surface area contributed by atoms with E-state index in [9.17, 15) is 8.42 Å². The van der Waals surface area contributed by atoms with E-state index in [2.05, 4.69) is 45.3 Å². The Hall–Kier alpha value is -3.03. The van der Waals surface area contributed by atoms with Crippen molar-refractivity contribution >= 4 is 32.0 Å². The number of nitrogens with one attached hydrogen (secondary N) is 2. The van der Waals surface area contributed by atoms with Gasteiger partial charge in [0.05, 0.1) is 25.1 Å². The van der Waals surface area contributed by atoms with Gasteiger partial charge in [0.25, 0.3) is 10.2 Å². The van der Waals surface area contributed by atoms with Crippen molar-refractivity contribution in [2.75, 3.05) is 31.6 Å².